The van der Waals surface area contributed by atoms with Crippen LogP contribution in [0, 0.1) is 5.92 Å². The van der Waals surface area contributed by atoms with Crippen LogP contribution in [0.1, 0.15) is 49.2 Å². The molecular formula is C19H20F3NO3S. The Morgan fingerprint density at radius 1 is 1.15 bits per heavy atom. The summed E-state index contributed by atoms with van der Waals surface area (Å²) < 4.78 is 73.0. The molecule has 1 aromatic heterocycles. The quantitative estimate of drug-likeness (QED) is 0.703. The van der Waals surface area contributed by atoms with E-state index in [1.165, 1.54) is 12.1 Å². The van der Waals surface area contributed by atoms with Gasteiger partial charge in [0.25, 0.3) is 0 Å². The van der Waals surface area contributed by atoms with Crippen LogP contribution in [0.15, 0.2) is 45.7 Å². The van der Waals surface area contributed by atoms with E-state index in [2.05, 4.69) is 6.92 Å². The number of hydrogen-bond acceptors (Lipinski definition) is 3. The average molecular weight is 399 g/mol. The van der Waals surface area contributed by atoms with Gasteiger partial charge in [0.2, 0.25) is 10.0 Å². The second-order valence-electron chi connectivity index (χ2n) is 7.40. The molecule has 4 rings (SSSR count). The fraction of sp³-hybridized carbons (Fsp3) is 0.474. The van der Waals surface area contributed by atoms with Crippen molar-refractivity contribution in [1.82, 2.24) is 4.31 Å². The molecule has 8 heteroatoms. The predicted molar refractivity (Wildman–Crippen MR) is 92.4 cm³/mol. The Bertz CT molecular complexity index is 947. The molecule has 0 N–H and O–H groups in total. The highest BCUT2D eigenvalue weighted by atomic mass is 32.2. The highest BCUT2D eigenvalue weighted by molar-refractivity contribution is 7.89. The molecule has 146 valence electrons. The summed E-state index contributed by atoms with van der Waals surface area (Å²) in [6, 6.07) is 7.60. The second kappa shape index (κ2) is 6.38. The number of nitrogens with zero attached hydrogens (tertiary/aromatic N) is 1. The van der Waals surface area contributed by atoms with Gasteiger partial charge in [-0.05, 0) is 49.4 Å². The molecule has 0 saturated heterocycles. The lowest BCUT2D eigenvalue weighted by Crippen LogP contribution is -2.33. The van der Waals surface area contributed by atoms with Gasteiger partial charge in [-0.1, -0.05) is 19.1 Å². The molecular weight excluding hydrogens is 379 g/mol. The van der Waals surface area contributed by atoms with Gasteiger partial charge in [-0.15, -0.1) is 0 Å². The summed E-state index contributed by atoms with van der Waals surface area (Å²) in [5.74, 6) is 2.19. The van der Waals surface area contributed by atoms with Crippen LogP contribution in [0.3, 0.4) is 0 Å². The summed E-state index contributed by atoms with van der Waals surface area (Å²) in [5.41, 5.74) is -1.14. The molecule has 2 aliphatic carbocycles. The number of furan rings is 1. The van der Waals surface area contributed by atoms with Crippen LogP contribution in [0.5, 0.6) is 0 Å². The molecule has 4 nitrogen and oxygen atoms in total. The van der Waals surface area contributed by atoms with Crippen molar-refractivity contribution in [3.05, 3.63) is 53.5 Å². The smallest absolute Gasteiger partial charge is 0.417 e. The van der Waals surface area contributed by atoms with Crippen LogP contribution in [0.4, 0.5) is 13.2 Å². The average Bonchev–Trinajstić information content (AvgIpc) is 3.52. The fourth-order valence-corrected chi connectivity index (χ4v) is 5.24. The zero-order valence-electron chi connectivity index (χ0n) is 14.7. The summed E-state index contributed by atoms with van der Waals surface area (Å²) in [4.78, 5) is -0.702. The topological polar surface area (TPSA) is 50.5 Å². The molecule has 0 amide bonds. The summed E-state index contributed by atoms with van der Waals surface area (Å²) in [6.45, 7) is 2.06. The summed E-state index contributed by atoms with van der Waals surface area (Å²) in [7, 11) is -4.30. The lowest BCUT2D eigenvalue weighted by Gasteiger charge is -2.23. The molecule has 0 radical (unpaired) electrons. The second-order valence-corrected chi connectivity index (χ2v) is 9.26. The molecule has 27 heavy (non-hydrogen) atoms. The van der Waals surface area contributed by atoms with Crippen molar-refractivity contribution in [3.8, 4) is 0 Å². The number of sulfonamides is 1. The van der Waals surface area contributed by atoms with Crippen molar-refractivity contribution in [3.63, 3.8) is 0 Å². The molecule has 2 fully saturated rings. The maximum Gasteiger partial charge on any atom is 0.417 e. The van der Waals surface area contributed by atoms with E-state index < -0.39 is 26.7 Å². The van der Waals surface area contributed by atoms with Gasteiger partial charge in [-0.2, -0.15) is 17.5 Å². The lowest BCUT2D eigenvalue weighted by molar-refractivity contribution is -0.139. The van der Waals surface area contributed by atoms with E-state index >= 15 is 0 Å². The monoisotopic (exact) mass is 399 g/mol. The number of rotatable bonds is 6. The molecule has 2 atom stereocenters. The van der Waals surface area contributed by atoms with E-state index in [4.69, 9.17) is 4.42 Å². The molecule has 0 unspecified atom stereocenters. The number of halogens is 3. The van der Waals surface area contributed by atoms with Gasteiger partial charge in [0, 0.05) is 12.0 Å². The number of hydrogen-bond donors (Lipinski definition) is 0. The first-order valence-electron chi connectivity index (χ1n) is 8.94. The van der Waals surface area contributed by atoms with E-state index in [9.17, 15) is 21.6 Å². The molecule has 2 saturated carbocycles. The van der Waals surface area contributed by atoms with Crippen LogP contribution >= 0.6 is 0 Å². The fourth-order valence-electron chi connectivity index (χ4n) is 3.38. The van der Waals surface area contributed by atoms with E-state index in [1.54, 1.807) is 6.07 Å². The van der Waals surface area contributed by atoms with Crippen molar-refractivity contribution in [1.29, 1.82) is 0 Å². The van der Waals surface area contributed by atoms with Crippen LogP contribution in [-0.4, -0.2) is 18.8 Å². The Morgan fingerprint density at radius 2 is 1.81 bits per heavy atom. The highest BCUT2D eigenvalue weighted by Gasteiger charge is 2.44. The molecule has 1 aromatic carbocycles. The first-order chi connectivity index (χ1) is 12.7. The van der Waals surface area contributed by atoms with Crippen LogP contribution in [0.2, 0.25) is 0 Å². The minimum absolute atomic E-state index is 0.0553. The first kappa shape index (κ1) is 18.6. The van der Waals surface area contributed by atoms with Gasteiger partial charge < -0.3 is 4.42 Å². The molecule has 2 aliphatic rings. The van der Waals surface area contributed by atoms with Crippen LogP contribution < -0.4 is 0 Å². The molecule has 0 spiro atoms. The Morgan fingerprint density at radius 3 is 2.41 bits per heavy atom. The minimum atomic E-state index is -4.74. The maximum atomic E-state index is 13.3. The Labute approximate surface area is 156 Å². The molecule has 2 aromatic rings. The van der Waals surface area contributed by atoms with Crippen LogP contribution in [0.25, 0.3) is 0 Å². The summed E-state index contributed by atoms with van der Waals surface area (Å²) in [6.07, 6.45) is -2.42. The van der Waals surface area contributed by atoms with Crippen molar-refractivity contribution in [2.24, 2.45) is 5.92 Å². The first-order valence-corrected chi connectivity index (χ1v) is 10.4. The van der Waals surface area contributed by atoms with E-state index in [-0.39, 0.29) is 12.6 Å². The summed E-state index contributed by atoms with van der Waals surface area (Å²) in [5, 5.41) is 0. The summed E-state index contributed by atoms with van der Waals surface area (Å²) >= 11 is 0. The largest absolute Gasteiger partial charge is 0.464 e. The van der Waals surface area contributed by atoms with E-state index in [1.807, 2.05) is 6.07 Å². The third-order valence-electron chi connectivity index (χ3n) is 5.20. The minimum Gasteiger partial charge on any atom is -0.464 e. The Balaban J connectivity index is 1.65. The van der Waals surface area contributed by atoms with E-state index in [0.29, 0.717) is 30.4 Å². The number of benzene rings is 1. The van der Waals surface area contributed by atoms with E-state index in [0.717, 1.165) is 28.6 Å². The van der Waals surface area contributed by atoms with Crippen molar-refractivity contribution in [2.75, 3.05) is 0 Å². The zero-order chi connectivity index (χ0) is 19.4. The Hall–Kier alpha value is -1.80. The van der Waals surface area contributed by atoms with Gasteiger partial charge in [0.05, 0.1) is 17.0 Å². The number of alkyl halides is 3. The van der Waals surface area contributed by atoms with Gasteiger partial charge >= 0.3 is 6.18 Å². The molecule has 0 bridgehead atoms. The third kappa shape index (κ3) is 3.65. The van der Waals surface area contributed by atoms with Gasteiger partial charge in [0.1, 0.15) is 11.5 Å². The Kier molecular flexibility index (Phi) is 4.38. The van der Waals surface area contributed by atoms with Gasteiger partial charge in [0.15, 0.2) is 0 Å². The zero-order valence-corrected chi connectivity index (χ0v) is 15.6. The maximum absolute atomic E-state index is 13.3. The van der Waals surface area contributed by atoms with Crippen molar-refractivity contribution >= 4 is 10.0 Å². The third-order valence-corrected chi connectivity index (χ3v) is 7.16. The van der Waals surface area contributed by atoms with Crippen molar-refractivity contribution in [2.45, 2.75) is 55.8 Å². The standard InChI is InChI=1S/C19H20F3NO3S/c1-12-10-15(12)17-9-8-14(26-17)11-23(13-6-7-13)27(24,25)18-5-3-2-4-16(18)19(20,21)22/h2-5,8-9,12-13,15H,6-7,10-11H2,1H3/t12-,15+/m0/s1. The normalized spacial score (nSPS) is 23.0. The highest BCUT2D eigenvalue weighted by Crippen LogP contribution is 2.47. The van der Waals surface area contributed by atoms with Crippen LogP contribution in [-0.2, 0) is 22.7 Å². The molecule has 0 aliphatic heterocycles. The predicted octanol–water partition coefficient (Wildman–Crippen LogP) is 4.78. The van der Waals surface area contributed by atoms with Crippen molar-refractivity contribution < 1.29 is 26.0 Å². The molecule has 1 heterocycles. The SMILES string of the molecule is C[C@H]1C[C@H]1c1ccc(CN(C2CC2)S(=O)(=O)c2ccccc2C(F)(F)F)o1. The lowest BCUT2D eigenvalue weighted by atomic mass is 10.2. The van der Waals surface area contributed by atoms with Gasteiger partial charge in [-0.25, -0.2) is 8.42 Å². The van der Waals surface area contributed by atoms with Gasteiger partial charge in [-0.3, -0.25) is 0 Å².